The van der Waals surface area contributed by atoms with E-state index in [1.807, 2.05) is 0 Å². The van der Waals surface area contributed by atoms with E-state index in [2.05, 4.69) is 19.7 Å². The van der Waals surface area contributed by atoms with Gasteiger partial charge in [0.05, 0.1) is 123 Å². The Hall–Kier alpha value is -1.22. The molecule has 0 radical (unpaired) electrons. The Morgan fingerprint density at radius 3 is 1.00 bits per heavy atom. The Kier molecular flexibility index (Phi) is 17.2. The highest BCUT2D eigenvalue weighted by Gasteiger charge is 2.35. The fourth-order valence-corrected chi connectivity index (χ4v) is 3.31. The van der Waals surface area contributed by atoms with Crippen LogP contribution >= 0.6 is 0 Å². The van der Waals surface area contributed by atoms with Gasteiger partial charge in [-0.3, -0.25) is 0 Å². The third-order valence-electron chi connectivity index (χ3n) is 5.95. The minimum Gasteiger partial charge on any atom is -0.396 e. The molecular formula is C28H48O11. The number of aliphatic hydroxyl groups excluding tert-OH is 2. The highest BCUT2D eigenvalue weighted by molar-refractivity contribution is 4.82. The van der Waals surface area contributed by atoms with Gasteiger partial charge in [0.25, 0.3) is 0 Å². The van der Waals surface area contributed by atoms with Crippen molar-refractivity contribution in [2.24, 2.45) is 10.8 Å². The molecule has 0 bridgehead atoms. The standard InChI is InChI=1S/C14H24O7.C14H24O4/c15-7-14(8-16-1-11-4-19-11,9-17-2-12-5-20-12)10-18-3-13-6-21-13;1-4-7-16-11-14(10-15,12-17-8-5-2)13-18-9-6-3/h11-13,15H,1-10H2;4-6,15H,1-3,7-13H2. The van der Waals surface area contributed by atoms with Crippen LogP contribution in [0.4, 0.5) is 0 Å². The molecule has 11 heteroatoms. The number of rotatable bonds is 26. The van der Waals surface area contributed by atoms with Crippen molar-refractivity contribution in [2.75, 3.05) is 112 Å². The van der Waals surface area contributed by atoms with E-state index in [-0.39, 0.29) is 31.5 Å². The van der Waals surface area contributed by atoms with Crippen molar-refractivity contribution in [3.05, 3.63) is 38.0 Å². The third-order valence-corrected chi connectivity index (χ3v) is 5.95. The highest BCUT2D eigenvalue weighted by atomic mass is 16.6. The van der Waals surface area contributed by atoms with Gasteiger partial charge < -0.3 is 52.8 Å². The minimum atomic E-state index is -0.560. The molecule has 0 aromatic carbocycles. The summed E-state index contributed by atoms with van der Waals surface area (Å²) < 4.78 is 48.5. The molecular weight excluding hydrogens is 512 g/mol. The molecule has 3 aliphatic rings. The third kappa shape index (κ3) is 16.0. The molecule has 3 atom stereocenters. The summed E-state index contributed by atoms with van der Waals surface area (Å²) in [5.74, 6) is 0. The Bertz CT molecular complexity index is 580. The molecule has 0 aromatic heterocycles. The zero-order chi connectivity index (χ0) is 28.2. The summed E-state index contributed by atoms with van der Waals surface area (Å²) >= 11 is 0. The summed E-state index contributed by atoms with van der Waals surface area (Å²) in [5, 5.41) is 19.3. The van der Waals surface area contributed by atoms with E-state index in [4.69, 9.17) is 42.6 Å². The topological polar surface area (TPSA) is 133 Å². The van der Waals surface area contributed by atoms with Crippen molar-refractivity contribution < 1.29 is 52.8 Å². The summed E-state index contributed by atoms with van der Waals surface area (Å²) in [6, 6.07) is 0. The lowest BCUT2D eigenvalue weighted by Crippen LogP contribution is -2.41. The molecule has 11 nitrogen and oxygen atoms in total. The summed E-state index contributed by atoms with van der Waals surface area (Å²) in [6.45, 7) is 18.1. The first kappa shape index (κ1) is 34.0. The van der Waals surface area contributed by atoms with Gasteiger partial charge in [0.15, 0.2) is 0 Å². The van der Waals surface area contributed by atoms with Gasteiger partial charge in [0, 0.05) is 0 Å². The average molecular weight is 561 g/mol. The number of hydrogen-bond donors (Lipinski definition) is 2. The second kappa shape index (κ2) is 19.8. The molecule has 3 heterocycles. The van der Waals surface area contributed by atoms with Crippen LogP contribution in [-0.4, -0.2) is 141 Å². The molecule has 39 heavy (non-hydrogen) atoms. The van der Waals surface area contributed by atoms with Crippen LogP contribution in [0, 0.1) is 10.8 Å². The van der Waals surface area contributed by atoms with E-state index in [0.717, 1.165) is 19.8 Å². The Morgan fingerprint density at radius 1 is 0.538 bits per heavy atom. The van der Waals surface area contributed by atoms with Crippen LogP contribution < -0.4 is 0 Å². The average Bonchev–Trinajstić information content (AvgIpc) is 3.78. The van der Waals surface area contributed by atoms with E-state index in [9.17, 15) is 10.2 Å². The first-order valence-corrected chi connectivity index (χ1v) is 13.4. The number of ether oxygens (including phenoxy) is 9. The lowest BCUT2D eigenvalue weighted by atomic mass is 9.92. The van der Waals surface area contributed by atoms with Crippen molar-refractivity contribution in [2.45, 2.75) is 18.3 Å². The first-order chi connectivity index (χ1) is 19.0. The summed E-state index contributed by atoms with van der Waals surface area (Å²) in [6.07, 6.45) is 5.63. The SMILES string of the molecule is C=CCOCC(CO)(COCC=C)COCC=C.OCC(COCC1CO1)(COCC1CO1)COCC1CO1. The fourth-order valence-electron chi connectivity index (χ4n) is 3.31. The van der Waals surface area contributed by atoms with Gasteiger partial charge in [-0.15, -0.1) is 19.7 Å². The molecule has 3 fully saturated rings. The van der Waals surface area contributed by atoms with Crippen molar-refractivity contribution in [1.29, 1.82) is 0 Å². The van der Waals surface area contributed by atoms with E-state index in [1.165, 1.54) is 0 Å². The zero-order valence-electron chi connectivity index (χ0n) is 23.2. The van der Waals surface area contributed by atoms with Crippen LogP contribution in [0.2, 0.25) is 0 Å². The van der Waals surface area contributed by atoms with Crippen LogP contribution in [-0.2, 0) is 42.6 Å². The monoisotopic (exact) mass is 560 g/mol. The van der Waals surface area contributed by atoms with E-state index >= 15 is 0 Å². The largest absolute Gasteiger partial charge is 0.396 e. The van der Waals surface area contributed by atoms with Gasteiger partial charge in [0.1, 0.15) is 18.3 Å². The molecule has 0 spiro atoms. The highest BCUT2D eigenvalue weighted by Crippen LogP contribution is 2.23. The van der Waals surface area contributed by atoms with Crippen LogP contribution in [0.3, 0.4) is 0 Å². The fraction of sp³-hybridized carbons (Fsp3) is 0.786. The number of epoxide rings is 3. The van der Waals surface area contributed by atoms with Crippen LogP contribution in [0.5, 0.6) is 0 Å². The van der Waals surface area contributed by atoms with E-state index < -0.39 is 10.8 Å². The van der Waals surface area contributed by atoms with Gasteiger partial charge in [-0.2, -0.15) is 0 Å². The number of aliphatic hydroxyl groups is 2. The van der Waals surface area contributed by atoms with Crippen molar-refractivity contribution >= 4 is 0 Å². The second-order valence-electron chi connectivity index (χ2n) is 10.1. The molecule has 0 saturated carbocycles. The molecule has 3 unspecified atom stereocenters. The quantitative estimate of drug-likeness (QED) is 0.0883. The maximum Gasteiger partial charge on any atom is 0.104 e. The summed E-state index contributed by atoms with van der Waals surface area (Å²) in [4.78, 5) is 0. The van der Waals surface area contributed by atoms with Gasteiger partial charge >= 0.3 is 0 Å². The molecule has 3 saturated heterocycles. The molecule has 3 aliphatic heterocycles. The molecule has 3 rings (SSSR count). The maximum atomic E-state index is 9.79. The van der Waals surface area contributed by atoms with E-state index in [1.54, 1.807) is 18.2 Å². The predicted molar refractivity (Wildman–Crippen MR) is 144 cm³/mol. The van der Waals surface area contributed by atoms with Gasteiger partial charge in [0.2, 0.25) is 0 Å². The van der Waals surface area contributed by atoms with Gasteiger partial charge in [-0.1, -0.05) is 18.2 Å². The lowest BCUT2D eigenvalue weighted by Gasteiger charge is -2.31. The minimum absolute atomic E-state index is 0.0461. The van der Waals surface area contributed by atoms with Gasteiger partial charge in [-0.25, -0.2) is 0 Å². The first-order valence-electron chi connectivity index (χ1n) is 13.4. The van der Waals surface area contributed by atoms with E-state index in [0.29, 0.717) is 79.3 Å². The zero-order valence-corrected chi connectivity index (χ0v) is 23.2. The molecule has 0 aliphatic carbocycles. The smallest absolute Gasteiger partial charge is 0.104 e. The Balaban J connectivity index is 0.000000278. The molecule has 0 aromatic rings. The normalized spacial score (nSPS) is 22.8. The van der Waals surface area contributed by atoms with Crippen molar-refractivity contribution in [3.8, 4) is 0 Å². The summed E-state index contributed by atoms with van der Waals surface area (Å²) in [5.41, 5.74) is -1.10. The van der Waals surface area contributed by atoms with Crippen LogP contribution in [0.1, 0.15) is 0 Å². The van der Waals surface area contributed by atoms with Gasteiger partial charge in [-0.05, 0) is 0 Å². The second-order valence-corrected chi connectivity index (χ2v) is 10.1. The number of hydrogen-bond acceptors (Lipinski definition) is 11. The Labute approximate surface area is 232 Å². The molecule has 2 N–H and O–H groups in total. The molecule has 0 amide bonds. The summed E-state index contributed by atoms with van der Waals surface area (Å²) in [7, 11) is 0. The lowest BCUT2D eigenvalue weighted by molar-refractivity contribution is -0.0965. The van der Waals surface area contributed by atoms with Crippen LogP contribution in [0.25, 0.3) is 0 Å². The van der Waals surface area contributed by atoms with Crippen LogP contribution in [0.15, 0.2) is 38.0 Å². The van der Waals surface area contributed by atoms with Crippen molar-refractivity contribution in [3.63, 3.8) is 0 Å². The predicted octanol–water partition coefficient (Wildman–Crippen LogP) is 0.784. The Morgan fingerprint density at radius 2 is 0.795 bits per heavy atom. The van der Waals surface area contributed by atoms with Crippen molar-refractivity contribution in [1.82, 2.24) is 0 Å². The molecule has 226 valence electrons. The maximum absolute atomic E-state index is 9.79.